The van der Waals surface area contributed by atoms with Crippen LogP contribution in [0.25, 0.3) is 0 Å². The molecule has 0 aliphatic rings. The van der Waals surface area contributed by atoms with Crippen LogP contribution in [0.3, 0.4) is 0 Å². The summed E-state index contributed by atoms with van der Waals surface area (Å²) in [6.07, 6.45) is 0.660. The normalized spacial score (nSPS) is 10.2. The van der Waals surface area contributed by atoms with E-state index in [1.54, 1.807) is 12.1 Å². The van der Waals surface area contributed by atoms with E-state index in [2.05, 4.69) is 10.6 Å². The van der Waals surface area contributed by atoms with Crippen LogP contribution >= 0.6 is 0 Å². The van der Waals surface area contributed by atoms with Crippen LogP contribution in [-0.2, 0) is 6.42 Å². The molecule has 2 N–H and O–H groups in total. The second kappa shape index (κ2) is 8.78. The predicted octanol–water partition coefficient (Wildman–Crippen LogP) is 3.05. The Kier molecular flexibility index (Phi) is 6.41. The second-order valence-corrected chi connectivity index (χ2v) is 5.22. The smallest absolute Gasteiger partial charge is 0.314 e. The molecule has 2 aromatic rings. The Morgan fingerprint density at radius 1 is 1.00 bits per heavy atom. The van der Waals surface area contributed by atoms with Crippen LogP contribution in [0.5, 0.6) is 5.75 Å². The summed E-state index contributed by atoms with van der Waals surface area (Å²) < 4.78 is 18.3. The molecular weight excluding hydrogens is 295 g/mol. The lowest BCUT2D eigenvalue weighted by atomic mass is 10.1. The van der Waals surface area contributed by atoms with Crippen LogP contribution in [0.15, 0.2) is 48.5 Å². The topological polar surface area (TPSA) is 50.4 Å². The molecule has 122 valence electrons. The Balaban J connectivity index is 1.56. The van der Waals surface area contributed by atoms with Crippen LogP contribution in [0, 0.1) is 12.7 Å². The number of aryl methyl sites for hydroxylation is 1. The van der Waals surface area contributed by atoms with Crippen LogP contribution in [-0.4, -0.2) is 25.7 Å². The molecule has 23 heavy (non-hydrogen) atoms. The van der Waals surface area contributed by atoms with Gasteiger partial charge in [-0.3, -0.25) is 0 Å². The molecule has 2 aromatic carbocycles. The zero-order chi connectivity index (χ0) is 16.5. The van der Waals surface area contributed by atoms with E-state index in [1.165, 1.54) is 17.7 Å². The third-order valence-corrected chi connectivity index (χ3v) is 3.29. The number of amides is 2. The van der Waals surface area contributed by atoms with Gasteiger partial charge >= 0.3 is 6.03 Å². The summed E-state index contributed by atoms with van der Waals surface area (Å²) in [5.74, 6) is 0.530. The van der Waals surface area contributed by atoms with E-state index >= 15 is 0 Å². The van der Waals surface area contributed by atoms with Crippen molar-refractivity contribution in [1.29, 1.82) is 0 Å². The predicted molar refractivity (Wildman–Crippen MR) is 88.2 cm³/mol. The standard InChI is InChI=1S/C18H21FN2O2/c1-14-2-8-17(9-3-14)23-13-12-21-18(22)20-11-10-15-4-6-16(19)7-5-15/h2-9H,10-13H2,1H3,(H2,20,21,22). The third kappa shape index (κ3) is 6.38. The molecule has 0 aliphatic heterocycles. The van der Waals surface area contributed by atoms with Crippen molar-refractivity contribution in [3.8, 4) is 5.75 Å². The monoisotopic (exact) mass is 316 g/mol. The van der Waals surface area contributed by atoms with Crippen LogP contribution in [0.4, 0.5) is 9.18 Å². The Morgan fingerprint density at radius 3 is 2.35 bits per heavy atom. The molecular formula is C18H21FN2O2. The van der Waals surface area contributed by atoms with Crippen molar-refractivity contribution >= 4 is 6.03 Å². The van der Waals surface area contributed by atoms with Gasteiger partial charge in [-0.1, -0.05) is 29.8 Å². The average molecular weight is 316 g/mol. The van der Waals surface area contributed by atoms with Crippen LogP contribution < -0.4 is 15.4 Å². The van der Waals surface area contributed by atoms with Crippen molar-refractivity contribution in [2.75, 3.05) is 19.7 Å². The van der Waals surface area contributed by atoms with E-state index in [-0.39, 0.29) is 11.8 Å². The molecule has 0 atom stereocenters. The van der Waals surface area contributed by atoms with E-state index in [4.69, 9.17) is 4.74 Å². The Labute approximate surface area is 135 Å². The zero-order valence-electron chi connectivity index (χ0n) is 13.1. The maximum absolute atomic E-state index is 12.8. The van der Waals surface area contributed by atoms with Gasteiger partial charge in [0, 0.05) is 6.54 Å². The first-order valence-electron chi connectivity index (χ1n) is 7.59. The fraction of sp³-hybridized carbons (Fsp3) is 0.278. The summed E-state index contributed by atoms with van der Waals surface area (Å²) >= 11 is 0. The highest BCUT2D eigenvalue weighted by molar-refractivity contribution is 5.73. The number of urea groups is 1. The summed E-state index contributed by atoms with van der Waals surface area (Å²) in [6, 6.07) is 13.8. The lowest BCUT2D eigenvalue weighted by Crippen LogP contribution is -2.38. The molecule has 0 aliphatic carbocycles. The highest BCUT2D eigenvalue weighted by atomic mass is 19.1. The molecule has 0 unspecified atom stereocenters. The van der Waals surface area contributed by atoms with Gasteiger partial charge in [0.15, 0.2) is 0 Å². The van der Waals surface area contributed by atoms with Gasteiger partial charge in [-0.25, -0.2) is 9.18 Å². The highest BCUT2D eigenvalue weighted by Gasteiger charge is 2.00. The van der Waals surface area contributed by atoms with Gasteiger partial charge in [0.2, 0.25) is 0 Å². The number of halogens is 1. The SMILES string of the molecule is Cc1ccc(OCCNC(=O)NCCc2ccc(F)cc2)cc1. The third-order valence-electron chi connectivity index (χ3n) is 3.29. The van der Waals surface area contributed by atoms with Gasteiger partial charge in [-0.15, -0.1) is 0 Å². The number of ether oxygens (including phenoxy) is 1. The van der Waals surface area contributed by atoms with Crippen molar-refractivity contribution in [2.24, 2.45) is 0 Å². The number of carbonyl (C=O) groups excluding carboxylic acids is 1. The van der Waals surface area contributed by atoms with E-state index in [0.29, 0.717) is 26.1 Å². The van der Waals surface area contributed by atoms with Gasteiger partial charge in [0.05, 0.1) is 6.54 Å². The van der Waals surface area contributed by atoms with E-state index in [1.807, 2.05) is 31.2 Å². The molecule has 0 heterocycles. The minimum absolute atomic E-state index is 0.236. The van der Waals surface area contributed by atoms with Gasteiger partial charge in [0.1, 0.15) is 18.2 Å². The molecule has 0 saturated heterocycles. The number of carbonyl (C=O) groups is 1. The first-order valence-corrected chi connectivity index (χ1v) is 7.59. The number of rotatable bonds is 7. The molecule has 5 heteroatoms. The zero-order valence-corrected chi connectivity index (χ0v) is 13.1. The molecule has 4 nitrogen and oxygen atoms in total. The average Bonchev–Trinajstić information content (AvgIpc) is 2.55. The fourth-order valence-electron chi connectivity index (χ4n) is 2.00. The lowest BCUT2D eigenvalue weighted by molar-refractivity contribution is 0.236. The molecule has 0 radical (unpaired) electrons. The lowest BCUT2D eigenvalue weighted by Gasteiger charge is -2.09. The quantitative estimate of drug-likeness (QED) is 0.771. The molecule has 2 amide bonds. The van der Waals surface area contributed by atoms with Gasteiger partial charge in [-0.2, -0.15) is 0 Å². The van der Waals surface area contributed by atoms with Crippen molar-refractivity contribution in [1.82, 2.24) is 10.6 Å². The van der Waals surface area contributed by atoms with Gasteiger partial charge < -0.3 is 15.4 Å². The summed E-state index contributed by atoms with van der Waals surface area (Å²) in [5.41, 5.74) is 2.16. The van der Waals surface area contributed by atoms with Gasteiger partial charge in [-0.05, 0) is 43.2 Å². The summed E-state index contributed by atoms with van der Waals surface area (Å²) in [5, 5.41) is 5.48. The molecule has 0 fully saturated rings. The first kappa shape index (κ1) is 16.8. The molecule has 2 rings (SSSR count). The summed E-state index contributed by atoms with van der Waals surface area (Å²) in [4.78, 5) is 11.6. The highest BCUT2D eigenvalue weighted by Crippen LogP contribution is 2.10. The largest absolute Gasteiger partial charge is 0.492 e. The number of nitrogens with one attached hydrogen (secondary N) is 2. The van der Waals surface area contributed by atoms with Crippen molar-refractivity contribution in [3.05, 3.63) is 65.5 Å². The van der Waals surface area contributed by atoms with Crippen molar-refractivity contribution in [3.63, 3.8) is 0 Å². The van der Waals surface area contributed by atoms with E-state index < -0.39 is 0 Å². The van der Waals surface area contributed by atoms with E-state index in [9.17, 15) is 9.18 Å². The van der Waals surface area contributed by atoms with E-state index in [0.717, 1.165) is 11.3 Å². The second-order valence-electron chi connectivity index (χ2n) is 5.22. The Bertz CT molecular complexity index is 612. The number of hydrogen-bond donors (Lipinski definition) is 2. The maximum atomic E-state index is 12.8. The fourth-order valence-corrected chi connectivity index (χ4v) is 2.00. The van der Waals surface area contributed by atoms with Crippen molar-refractivity contribution < 1.29 is 13.9 Å². The minimum Gasteiger partial charge on any atom is -0.492 e. The summed E-state index contributed by atoms with van der Waals surface area (Å²) in [6.45, 7) is 3.35. The van der Waals surface area contributed by atoms with Gasteiger partial charge in [0.25, 0.3) is 0 Å². The molecule has 0 spiro atoms. The minimum atomic E-state index is -0.256. The Morgan fingerprint density at radius 2 is 1.65 bits per heavy atom. The van der Waals surface area contributed by atoms with Crippen LogP contribution in [0.2, 0.25) is 0 Å². The Hall–Kier alpha value is -2.56. The number of hydrogen-bond acceptors (Lipinski definition) is 2. The first-order chi connectivity index (χ1) is 11.1. The van der Waals surface area contributed by atoms with Crippen molar-refractivity contribution in [2.45, 2.75) is 13.3 Å². The molecule has 0 aromatic heterocycles. The maximum Gasteiger partial charge on any atom is 0.314 e. The number of benzene rings is 2. The summed E-state index contributed by atoms with van der Waals surface area (Å²) in [7, 11) is 0. The molecule has 0 bridgehead atoms. The van der Waals surface area contributed by atoms with Crippen LogP contribution in [0.1, 0.15) is 11.1 Å². The molecule has 0 saturated carbocycles.